The molecule has 2 rings (SSSR count). The second kappa shape index (κ2) is 2.66. The zero-order chi connectivity index (χ0) is 7.68. The molecule has 11 heavy (non-hydrogen) atoms. The van der Waals surface area contributed by atoms with E-state index >= 15 is 0 Å². The van der Waals surface area contributed by atoms with Gasteiger partial charge < -0.3 is 9.47 Å². The summed E-state index contributed by atoms with van der Waals surface area (Å²) in [6, 6.07) is 0. The largest absolute Gasteiger partial charge is 0.493 e. The Morgan fingerprint density at radius 2 is 2.36 bits per heavy atom. The van der Waals surface area contributed by atoms with Gasteiger partial charge in [-0.15, -0.1) is 0 Å². The van der Waals surface area contributed by atoms with E-state index in [0.29, 0.717) is 19.6 Å². The molecule has 0 aromatic carbocycles. The summed E-state index contributed by atoms with van der Waals surface area (Å²) in [4.78, 5) is 10.9. The summed E-state index contributed by atoms with van der Waals surface area (Å²) in [6.07, 6.45) is 3.00. The number of rotatable bonds is 0. The van der Waals surface area contributed by atoms with E-state index in [1.54, 1.807) is 6.08 Å². The predicted octanol–water partition coefficient (Wildman–Crippen LogP) is 0.649. The highest BCUT2D eigenvalue weighted by Gasteiger charge is 2.26. The zero-order valence-corrected chi connectivity index (χ0v) is 6.21. The van der Waals surface area contributed by atoms with Gasteiger partial charge >= 0.3 is 0 Å². The monoisotopic (exact) mass is 154 g/mol. The van der Waals surface area contributed by atoms with Gasteiger partial charge in [0.15, 0.2) is 5.78 Å². The second-order valence-corrected chi connectivity index (χ2v) is 2.76. The van der Waals surface area contributed by atoms with Crippen LogP contribution in [0.4, 0.5) is 0 Å². The molecular weight excluding hydrogens is 144 g/mol. The molecule has 1 aliphatic heterocycles. The van der Waals surface area contributed by atoms with Gasteiger partial charge in [0, 0.05) is 12.5 Å². The number of carbonyl (C=O) groups is 1. The SMILES string of the molecule is O=C1C=C2OCCOC2CC1. The summed E-state index contributed by atoms with van der Waals surface area (Å²) >= 11 is 0. The average molecular weight is 154 g/mol. The van der Waals surface area contributed by atoms with Gasteiger partial charge in [0.25, 0.3) is 0 Å². The zero-order valence-electron chi connectivity index (χ0n) is 6.21. The smallest absolute Gasteiger partial charge is 0.159 e. The summed E-state index contributed by atoms with van der Waals surface area (Å²) in [7, 11) is 0. The Labute approximate surface area is 65.0 Å². The van der Waals surface area contributed by atoms with E-state index in [2.05, 4.69) is 0 Å². The second-order valence-electron chi connectivity index (χ2n) is 2.76. The molecule has 1 aliphatic carbocycles. The molecule has 1 unspecified atom stereocenters. The Balaban J connectivity index is 2.16. The van der Waals surface area contributed by atoms with E-state index < -0.39 is 0 Å². The van der Waals surface area contributed by atoms with Crippen LogP contribution in [0.3, 0.4) is 0 Å². The molecule has 0 N–H and O–H groups in total. The molecule has 0 aromatic heterocycles. The van der Waals surface area contributed by atoms with Gasteiger partial charge in [-0.05, 0) is 6.42 Å². The molecule has 0 spiro atoms. The fourth-order valence-electron chi connectivity index (χ4n) is 1.39. The highest BCUT2D eigenvalue weighted by atomic mass is 16.6. The van der Waals surface area contributed by atoms with Crippen molar-refractivity contribution >= 4 is 5.78 Å². The highest BCUT2D eigenvalue weighted by molar-refractivity contribution is 5.91. The van der Waals surface area contributed by atoms with Crippen molar-refractivity contribution in [3.63, 3.8) is 0 Å². The number of fused-ring (bicyclic) bond motifs is 1. The Hall–Kier alpha value is -0.830. The average Bonchev–Trinajstić information content (AvgIpc) is 2.04. The normalized spacial score (nSPS) is 30.4. The van der Waals surface area contributed by atoms with E-state index in [-0.39, 0.29) is 11.9 Å². The Kier molecular flexibility index (Phi) is 1.66. The molecule has 3 nitrogen and oxygen atoms in total. The molecule has 2 aliphatic rings. The first-order valence-corrected chi connectivity index (χ1v) is 3.85. The number of allylic oxidation sites excluding steroid dienone is 1. The van der Waals surface area contributed by atoms with Crippen molar-refractivity contribution in [2.24, 2.45) is 0 Å². The van der Waals surface area contributed by atoms with Crippen LogP contribution in [-0.4, -0.2) is 25.1 Å². The predicted molar refractivity (Wildman–Crippen MR) is 38.0 cm³/mol. The lowest BCUT2D eigenvalue weighted by Crippen LogP contribution is -2.30. The molecule has 0 radical (unpaired) electrons. The van der Waals surface area contributed by atoms with Crippen LogP contribution in [0.1, 0.15) is 12.8 Å². The van der Waals surface area contributed by atoms with Crippen LogP contribution in [0.15, 0.2) is 11.8 Å². The standard InChI is InChI=1S/C8H10O3/c9-6-1-2-7-8(5-6)11-4-3-10-7/h5,7H,1-4H2. The van der Waals surface area contributed by atoms with Crippen LogP contribution in [-0.2, 0) is 14.3 Å². The van der Waals surface area contributed by atoms with E-state index in [1.807, 2.05) is 0 Å². The maximum atomic E-state index is 10.9. The Bertz CT molecular complexity index is 207. The summed E-state index contributed by atoms with van der Waals surface area (Å²) in [6.45, 7) is 1.23. The lowest BCUT2D eigenvalue weighted by molar-refractivity contribution is -0.118. The third kappa shape index (κ3) is 1.28. The van der Waals surface area contributed by atoms with Crippen molar-refractivity contribution in [3.05, 3.63) is 11.8 Å². The maximum Gasteiger partial charge on any atom is 0.159 e. The summed E-state index contributed by atoms with van der Waals surface area (Å²) < 4.78 is 10.7. The van der Waals surface area contributed by atoms with Crippen LogP contribution < -0.4 is 0 Å². The molecule has 0 amide bonds. The van der Waals surface area contributed by atoms with E-state index in [1.165, 1.54) is 0 Å². The van der Waals surface area contributed by atoms with Gasteiger partial charge in [0.1, 0.15) is 18.5 Å². The molecule has 60 valence electrons. The lowest BCUT2D eigenvalue weighted by atomic mass is 10.0. The quantitative estimate of drug-likeness (QED) is 0.514. The van der Waals surface area contributed by atoms with Crippen LogP contribution >= 0.6 is 0 Å². The minimum atomic E-state index is 0.0569. The van der Waals surface area contributed by atoms with E-state index in [0.717, 1.165) is 12.2 Å². The highest BCUT2D eigenvalue weighted by Crippen LogP contribution is 2.23. The van der Waals surface area contributed by atoms with Crippen LogP contribution in [0.25, 0.3) is 0 Å². The number of ether oxygens (including phenoxy) is 2. The Morgan fingerprint density at radius 1 is 1.45 bits per heavy atom. The maximum absolute atomic E-state index is 10.9. The number of ketones is 1. The first-order chi connectivity index (χ1) is 5.36. The van der Waals surface area contributed by atoms with Crippen molar-refractivity contribution in [3.8, 4) is 0 Å². The molecule has 3 heteroatoms. The fraction of sp³-hybridized carbons (Fsp3) is 0.625. The van der Waals surface area contributed by atoms with E-state index in [9.17, 15) is 4.79 Å². The van der Waals surface area contributed by atoms with Gasteiger partial charge in [-0.2, -0.15) is 0 Å². The summed E-state index contributed by atoms with van der Waals surface area (Å²) in [5, 5.41) is 0. The molecule has 0 aromatic rings. The molecule has 0 saturated carbocycles. The van der Waals surface area contributed by atoms with Crippen molar-refractivity contribution < 1.29 is 14.3 Å². The van der Waals surface area contributed by atoms with Crippen molar-refractivity contribution in [1.29, 1.82) is 0 Å². The number of hydrogen-bond acceptors (Lipinski definition) is 3. The third-order valence-corrected chi connectivity index (χ3v) is 1.94. The van der Waals surface area contributed by atoms with Crippen molar-refractivity contribution in [2.75, 3.05) is 13.2 Å². The first-order valence-electron chi connectivity index (χ1n) is 3.85. The third-order valence-electron chi connectivity index (χ3n) is 1.94. The summed E-state index contributed by atoms with van der Waals surface area (Å²) in [5.41, 5.74) is 0. The summed E-state index contributed by atoms with van der Waals surface area (Å²) in [5.74, 6) is 0.884. The molecule has 1 atom stereocenters. The molecule has 1 heterocycles. The van der Waals surface area contributed by atoms with Crippen LogP contribution in [0.2, 0.25) is 0 Å². The van der Waals surface area contributed by atoms with Gasteiger partial charge in [0.2, 0.25) is 0 Å². The van der Waals surface area contributed by atoms with E-state index in [4.69, 9.17) is 9.47 Å². The molecule has 1 saturated heterocycles. The van der Waals surface area contributed by atoms with Gasteiger partial charge in [-0.25, -0.2) is 0 Å². The Morgan fingerprint density at radius 3 is 3.27 bits per heavy atom. The minimum absolute atomic E-state index is 0.0569. The number of carbonyl (C=O) groups excluding carboxylic acids is 1. The molecule has 0 bridgehead atoms. The molecular formula is C8H10O3. The van der Waals surface area contributed by atoms with Crippen LogP contribution in [0, 0.1) is 0 Å². The topological polar surface area (TPSA) is 35.5 Å². The lowest BCUT2D eigenvalue weighted by Gasteiger charge is -2.28. The molecule has 1 fully saturated rings. The fourth-order valence-corrected chi connectivity index (χ4v) is 1.39. The first kappa shape index (κ1) is 6.85. The minimum Gasteiger partial charge on any atom is -0.493 e. The van der Waals surface area contributed by atoms with Gasteiger partial charge in [0.05, 0.1) is 6.61 Å². The van der Waals surface area contributed by atoms with Gasteiger partial charge in [-0.1, -0.05) is 0 Å². The van der Waals surface area contributed by atoms with Crippen LogP contribution in [0.5, 0.6) is 0 Å². The van der Waals surface area contributed by atoms with Crippen molar-refractivity contribution in [2.45, 2.75) is 18.9 Å². The van der Waals surface area contributed by atoms with Gasteiger partial charge in [-0.3, -0.25) is 4.79 Å². The number of hydrogen-bond donors (Lipinski definition) is 0. The van der Waals surface area contributed by atoms with Crippen molar-refractivity contribution in [1.82, 2.24) is 0 Å².